The Balaban J connectivity index is 4.77. The van der Waals surface area contributed by atoms with Crippen molar-refractivity contribution in [2.45, 2.75) is 0 Å². The first-order valence-electron chi connectivity index (χ1n) is 0.962. The summed E-state index contributed by atoms with van der Waals surface area (Å²) >= 11 is 0. The average molecular weight is 399 g/mol. The second kappa shape index (κ2) is 1.65. The van der Waals surface area contributed by atoms with E-state index in [0.29, 0.717) is 0 Å². The van der Waals surface area contributed by atoms with Gasteiger partial charge in [0.25, 0.3) is 0 Å². The molecule has 8 heavy (non-hydrogen) atoms. The van der Waals surface area contributed by atoms with Crippen molar-refractivity contribution in [3.63, 3.8) is 0 Å². The molecule has 0 aliphatic heterocycles. The van der Waals surface area contributed by atoms with Gasteiger partial charge < -0.3 is 0 Å². The molecule has 0 aliphatic carbocycles. The molecule has 0 unspecified atom stereocenters. The maximum absolute atomic E-state index is 9.64. The second-order valence-electron chi connectivity index (χ2n) is 0.819. The monoisotopic (exact) mass is 398 g/mol. The third-order valence-electron chi connectivity index (χ3n) is 0.115. The molecular weight excluding hydrogens is 399 g/mol. The topological polar surface area (TPSA) is 29.4 Å². The Morgan fingerprint density at radius 2 is 1.12 bits per heavy atom. The van der Waals surface area contributed by atoms with Crippen LogP contribution in [-0.4, -0.2) is 0 Å². The Bertz CT molecular complexity index is 116. The van der Waals surface area contributed by atoms with E-state index >= 15 is 0 Å². The summed E-state index contributed by atoms with van der Waals surface area (Å²) in [5.74, 6) is 0. The molecule has 0 aromatic heterocycles. The number of hydrogen-bond donors (Lipinski definition) is 0. The third-order valence-corrected chi connectivity index (χ3v) is 2.82. The molecule has 0 bridgehead atoms. The fraction of sp³-hybridized carbons (Fsp3) is 0. The van der Waals surface area contributed by atoms with Crippen molar-refractivity contribution in [3.8, 4) is 0 Å². The zero-order valence-electron chi connectivity index (χ0n) is 3.08. The summed E-state index contributed by atoms with van der Waals surface area (Å²) in [4.78, 5) is 9.64. The number of rotatable bonds is 1. The normalized spacial score (nSPS) is 21.1. The van der Waals surface area contributed by atoms with E-state index in [0.717, 1.165) is 0 Å². The number of hydrogen-bond acceptors (Lipinski definition) is 2. The van der Waals surface area contributed by atoms with Gasteiger partial charge in [-0.25, -0.2) is 0 Å². The van der Waals surface area contributed by atoms with Gasteiger partial charge in [0, 0.05) is 0 Å². The third kappa shape index (κ3) is 7.70. The van der Waals surface area contributed by atoms with E-state index in [1.807, 2.05) is 3.85 Å². The Morgan fingerprint density at radius 1 is 1.00 bits per heavy atom. The standard InChI is InChI=1S/5ClH.Ir.NO/c;;;;;;1-2/h5*1H;;/q;;;;;+6;-1/p-5. The quantitative estimate of drug-likeness (QED) is 0.619. The van der Waals surface area contributed by atoms with Crippen molar-refractivity contribution in [1.82, 2.24) is 0 Å². The van der Waals surface area contributed by atoms with Crippen molar-refractivity contribution in [1.29, 1.82) is 0 Å². The molecule has 0 amide bonds. The minimum atomic E-state index is -5.80. The zero-order chi connectivity index (χ0) is 7.12. The van der Waals surface area contributed by atoms with Gasteiger partial charge in [-0.15, -0.1) is 0 Å². The Hall–Kier alpha value is 1.70. The van der Waals surface area contributed by atoms with Crippen LogP contribution >= 0.6 is 47.9 Å². The van der Waals surface area contributed by atoms with Crippen LogP contribution in [0, 0.1) is 4.91 Å². The Morgan fingerprint density at radius 3 is 1.12 bits per heavy atom. The van der Waals surface area contributed by atoms with Gasteiger partial charge in [0.05, 0.1) is 0 Å². The summed E-state index contributed by atoms with van der Waals surface area (Å²) in [6, 6.07) is 0. The number of nitrogens with zero attached hydrogens (tertiary/aromatic N) is 1. The molecule has 0 heterocycles. The molecule has 55 valence electrons. The molecule has 0 aromatic carbocycles. The van der Waals surface area contributed by atoms with Crippen LogP contribution in [0.1, 0.15) is 0 Å². The summed E-state index contributed by atoms with van der Waals surface area (Å²) in [6.07, 6.45) is 0. The van der Waals surface area contributed by atoms with Gasteiger partial charge in [0.2, 0.25) is 0 Å². The van der Waals surface area contributed by atoms with Gasteiger partial charge in [-0.3, -0.25) is 0 Å². The molecule has 0 N–H and O–H groups in total. The fourth-order valence-corrected chi connectivity index (χ4v) is 0. The van der Waals surface area contributed by atoms with Gasteiger partial charge in [0.1, 0.15) is 0 Å². The average Bonchev–Trinajstić information content (AvgIpc) is 1.30. The van der Waals surface area contributed by atoms with E-state index in [2.05, 4.69) is 0 Å². The van der Waals surface area contributed by atoms with Crippen molar-refractivity contribution >= 4 is 47.9 Å². The maximum atomic E-state index is 9.64. The SMILES string of the molecule is O=[N][Ir]([Cl])([Cl])([Cl])([Cl])[Cl]. The summed E-state index contributed by atoms with van der Waals surface area (Å²) in [5, 5.41) is 0. The summed E-state index contributed by atoms with van der Waals surface area (Å²) in [5.41, 5.74) is 0. The Labute approximate surface area is 64.2 Å². The molecule has 0 atom stereocenters. The van der Waals surface area contributed by atoms with Crippen molar-refractivity contribution < 1.29 is 8.06 Å². The molecule has 0 rings (SSSR count). The second-order valence-corrected chi connectivity index (χ2v) is 42.5. The molecule has 0 aliphatic rings. The van der Waals surface area contributed by atoms with Crippen LogP contribution in [-0.2, 0) is 8.06 Å². The number of nitroso groups, excluding NO2 is 1. The van der Waals surface area contributed by atoms with Crippen LogP contribution in [0.5, 0.6) is 0 Å². The molecule has 0 spiro atoms. The molecule has 0 saturated carbocycles. The first-order valence-corrected chi connectivity index (χ1v) is 16.9. The molecule has 0 aromatic rings. The molecule has 0 radical (unpaired) electrons. The molecule has 2 nitrogen and oxygen atoms in total. The van der Waals surface area contributed by atoms with Crippen LogP contribution in [0.4, 0.5) is 0 Å². The summed E-state index contributed by atoms with van der Waals surface area (Å²) in [6.45, 7) is 0. The van der Waals surface area contributed by atoms with Gasteiger partial charge in [-0.2, -0.15) is 0 Å². The van der Waals surface area contributed by atoms with Crippen molar-refractivity contribution in [2.75, 3.05) is 0 Å². The van der Waals surface area contributed by atoms with Crippen LogP contribution in [0.2, 0.25) is 0 Å². The first kappa shape index (κ1) is 9.70. The van der Waals surface area contributed by atoms with Gasteiger partial charge in [-0.05, 0) is 0 Å². The van der Waals surface area contributed by atoms with E-state index in [-0.39, 0.29) is 0 Å². The summed E-state index contributed by atoms with van der Waals surface area (Å²) in [7, 11) is 19.2. The van der Waals surface area contributed by atoms with Crippen LogP contribution in [0.15, 0.2) is 3.85 Å². The predicted molar refractivity (Wildman–Crippen MR) is 35.1 cm³/mol. The van der Waals surface area contributed by atoms with E-state index in [9.17, 15) is 4.91 Å². The first-order chi connectivity index (χ1) is 3.04. The van der Waals surface area contributed by atoms with Crippen LogP contribution in [0.3, 0.4) is 0 Å². The zero-order valence-corrected chi connectivity index (χ0v) is 9.25. The van der Waals surface area contributed by atoms with E-state index in [1.54, 1.807) is 0 Å². The van der Waals surface area contributed by atoms with Crippen LogP contribution in [0.25, 0.3) is 0 Å². The van der Waals surface area contributed by atoms with Gasteiger partial charge in [0.15, 0.2) is 0 Å². The summed E-state index contributed by atoms with van der Waals surface area (Å²) < 4.78 is 2.05. The minimum absolute atomic E-state index is 2.05. The molecule has 8 heteroatoms. The van der Waals surface area contributed by atoms with E-state index < -0.39 is 8.06 Å². The van der Waals surface area contributed by atoms with Gasteiger partial charge >= 0.3 is 64.7 Å². The van der Waals surface area contributed by atoms with Crippen molar-refractivity contribution in [2.24, 2.45) is 3.85 Å². The van der Waals surface area contributed by atoms with Crippen LogP contribution < -0.4 is 0 Å². The molecule has 0 saturated heterocycles. The predicted octanol–water partition coefficient (Wildman–Crippen LogP) is 3.66. The Kier molecular flexibility index (Phi) is 2.00. The van der Waals surface area contributed by atoms with Crippen molar-refractivity contribution in [3.05, 3.63) is 4.91 Å². The van der Waals surface area contributed by atoms with E-state index in [1.165, 1.54) is 0 Å². The van der Waals surface area contributed by atoms with E-state index in [4.69, 9.17) is 47.9 Å². The molecule has 0 fully saturated rings. The van der Waals surface area contributed by atoms with Gasteiger partial charge in [-0.1, -0.05) is 0 Å². The molecular formula is Cl5IrNO. The number of halogens is 5. The fourth-order valence-electron chi connectivity index (χ4n) is 0.